The minimum atomic E-state index is -0.422. The Balaban J connectivity index is 1.66. The number of nitrogens with zero attached hydrogens (tertiary/aromatic N) is 1. The number of hydrogen-bond acceptors (Lipinski definition) is 5. The van der Waals surface area contributed by atoms with Gasteiger partial charge in [0, 0.05) is 25.3 Å². The molecule has 3 rings (SSSR count). The molecule has 1 N–H and O–H groups in total. The summed E-state index contributed by atoms with van der Waals surface area (Å²) in [6.45, 7) is 0. The van der Waals surface area contributed by atoms with E-state index >= 15 is 0 Å². The van der Waals surface area contributed by atoms with E-state index in [1.807, 2.05) is 36.4 Å². The third kappa shape index (κ3) is 5.52. The van der Waals surface area contributed by atoms with Crippen LogP contribution in [0.3, 0.4) is 0 Å². The lowest BCUT2D eigenvalue weighted by atomic mass is 9.99. The van der Waals surface area contributed by atoms with Crippen molar-refractivity contribution in [3.05, 3.63) is 84.1 Å². The molecule has 0 aliphatic rings. The van der Waals surface area contributed by atoms with Crippen LogP contribution in [0.5, 0.6) is 0 Å². The summed E-state index contributed by atoms with van der Waals surface area (Å²) in [5.41, 5.74) is 4.18. The summed E-state index contributed by atoms with van der Waals surface area (Å²) >= 11 is 0. The van der Waals surface area contributed by atoms with Gasteiger partial charge >= 0.3 is 5.97 Å². The number of amides is 1. The number of anilines is 1. The molecule has 1 atom stereocenters. The Morgan fingerprint density at radius 3 is 2.13 bits per heavy atom. The Morgan fingerprint density at radius 2 is 1.53 bits per heavy atom. The van der Waals surface area contributed by atoms with Crippen molar-refractivity contribution < 1.29 is 19.1 Å². The van der Waals surface area contributed by atoms with Crippen LogP contribution >= 0.6 is 0 Å². The highest BCUT2D eigenvalue weighted by Gasteiger charge is 2.15. The molecule has 0 radical (unpaired) electrons. The third-order valence-corrected chi connectivity index (χ3v) is 4.70. The molecule has 1 aromatic heterocycles. The number of hydrogen-bond donors (Lipinski definition) is 1. The molecule has 0 saturated carbocycles. The molecule has 1 amide bonds. The second-order valence-corrected chi connectivity index (χ2v) is 6.70. The quantitative estimate of drug-likeness (QED) is 0.564. The number of aromatic nitrogens is 1. The summed E-state index contributed by atoms with van der Waals surface area (Å²) in [7, 11) is 2.94. The summed E-state index contributed by atoms with van der Waals surface area (Å²) in [6.07, 6.45) is 1.48. The van der Waals surface area contributed by atoms with Crippen molar-refractivity contribution in [3.8, 4) is 11.1 Å². The number of nitrogens with one attached hydrogen (secondary N) is 1. The van der Waals surface area contributed by atoms with Crippen LogP contribution in [0.25, 0.3) is 11.1 Å². The van der Waals surface area contributed by atoms with Crippen molar-refractivity contribution >= 4 is 17.7 Å². The van der Waals surface area contributed by atoms with E-state index in [9.17, 15) is 9.59 Å². The summed E-state index contributed by atoms with van der Waals surface area (Å²) in [6, 6.07) is 22.0. The standard InChI is InChI=1S/C24H24N2O4/c1-29-23(28)15-14-22(27)26-21-13-12-20(16-25-21)24(30-2)19-10-8-18(9-11-19)17-6-4-3-5-7-17/h3-13,16,24H,14-15H2,1-2H3,(H,25,26,27). The van der Waals surface area contributed by atoms with Crippen molar-refractivity contribution in [2.75, 3.05) is 19.5 Å². The molecule has 0 fully saturated rings. The van der Waals surface area contributed by atoms with Gasteiger partial charge in [0.1, 0.15) is 11.9 Å². The lowest BCUT2D eigenvalue weighted by molar-refractivity contribution is -0.141. The molecule has 30 heavy (non-hydrogen) atoms. The van der Waals surface area contributed by atoms with E-state index in [1.165, 1.54) is 7.11 Å². The lowest BCUT2D eigenvalue weighted by Gasteiger charge is -2.17. The summed E-state index contributed by atoms with van der Waals surface area (Å²) in [4.78, 5) is 27.3. The maximum Gasteiger partial charge on any atom is 0.306 e. The van der Waals surface area contributed by atoms with Crippen LogP contribution in [-0.4, -0.2) is 31.1 Å². The Labute approximate surface area is 175 Å². The normalized spacial score (nSPS) is 11.5. The van der Waals surface area contributed by atoms with Gasteiger partial charge in [0.05, 0.1) is 13.5 Å². The smallest absolute Gasteiger partial charge is 0.306 e. The van der Waals surface area contributed by atoms with Gasteiger partial charge in [-0.15, -0.1) is 0 Å². The zero-order valence-corrected chi connectivity index (χ0v) is 17.0. The van der Waals surface area contributed by atoms with Gasteiger partial charge in [-0.1, -0.05) is 60.7 Å². The number of pyridine rings is 1. The van der Waals surface area contributed by atoms with Gasteiger partial charge in [-0.05, 0) is 22.8 Å². The van der Waals surface area contributed by atoms with Crippen molar-refractivity contribution in [2.45, 2.75) is 18.9 Å². The average molecular weight is 404 g/mol. The highest BCUT2D eigenvalue weighted by molar-refractivity contribution is 5.91. The SMILES string of the molecule is COC(=O)CCC(=O)Nc1ccc(C(OC)c2ccc(-c3ccccc3)cc2)cn1. The summed E-state index contributed by atoms with van der Waals surface area (Å²) < 4.78 is 10.2. The fourth-order valence-electron chi connectivity index (χ4n) is 3.10. The van der Waals surface area contributed by atoms with Crippen LogP contribution in [0.15, 0.2) is 72.9 Å². The number of esters is 1. The van der Waals surface area contributed by atoms with Crippen molar-refractivity contribution in [3.63, 3.8) is 0 Å². The van der Waals surface area contributed by atoms with Crippen LogP contribution in [0.1, 0.15) is 30.1 Å². The summed E-state index contributed by atoms with van der Waals surface area (Å²) in [5.74, 6) is -0.294. The van der Waals surface area contributed by atoms with Gasteiger partial charge in [0.15, 0.2) is 0 Å². The minimum Gasteiger partial charge on any atom is -0.469 e. The van der Waals surface area contributed by atoms with Gasteiger partial charge < -0.3 is 14.8 Å². The Bertz CT molecular complexity index is 970. The molecule has 0 saturated heterocycles. The monoisotopic (exact) mass is 404 g/mol. The predicted octanol–water partition coefficient (Wildman–Crippen LogP) is 4.38. The predicted molar refractivity (Wildman–Crippen MR) is 115 cm³/mol. The molecule has 1 heterocycles. The van der Waals surface area contributed by atoms with Crippen LogP contribution in [-0.2, 0) is 19.1 Å². The van der Waals surface area contributed by atoms with Gasteiger partial charge in [-0.3, -0.25) is 9.59 Å². The fraction of sp³-hybridized carbons (Fsp3) is 0.208. The van der Waals surface area contributed by atoms with Crippen molar-refractivity contribution in [1.82, 2.24) is 4.98 Å². The van der Waals surface area contributed by atoms with Gasteiger partial charge in [-0.2, -0.15) is 0 Å². The largest absolute Gasteiger partial charge is 0.469 e. The molecular weight excluding hydrogens is 380 g/mol. The highest BCUT2D eigenvalue weighted by atomic mass is 16.5. The Morgan fingerprint density at radius 1 is 0.867 bits per heavy atom. The average Bonchev–Trinajstić information content (AvgIpc) is 2.80. The molecule has 6 heteroatoms. The van der Waals surface area contributed by atoms with Crippen LogP contribution in [0.2, 0.25) is 0 Å². The fourth-order valence-corrected chi connectivity index (χ4v) is 3.10. The van der Waals surface area contributed by atoms with E-state index in [1.54, 1.807) is 19.4 Å². The van der Waals surface area contributed by atoms with Gasteiger partial charge in [0.2, 0.25) is 5.91 Å². The maximum atomic E-state index is 11.9. The molecule has 2 aromatic carbocycles. The highest BCUT2D eigenvalue weighted by Crippen LogP contribution is 2.28. The van der Waals surface area contributed by atoms with E-state index in [4.69, 9.17) is 4.74 Å². The van der Waals surface area contributed by atoms with Gasteiger partial charge in [0.25, 0.3) is 0 Å². The molecule has 0 bridgehead atoms. The number of ether oxygens (including phenoxy) is 2. The Kier molecular flexibility index (Phi) is 7.29. The van der Waals surface area contributed by atoms with Crippen LogP contribution in [0.4, 0.5) is 5.82 Å². The number of benzene rings is 2. The lowest BCUT2D eigenvalue weighted by Crippen LogP contribution is -2.15. The zero-order chi connectivity index (χ0) is 21.3. The molecular formula is C24H24N2O4. The van der Waals surface area contributed by atoms with Crippen molar-refractivity contribution in [1.29, 1.82) is 0 Å². The first-order valence-electron chi connectivity index (χ1n) is 9.61. The van der Waals surface area contributed by atoms with Crippen LogP contribution in [0, 0.1) is 0 Å². The molecule has 154 valence electrons. The van der Waals surface area contributed by atoms with E-state index in [0.29, 0.717) is 5.82 Å². The van der Waals surface area contributed by atoms with Gasteiger partial charge in [-0.25, -0.2) is 4.98 Å². The van der Waals surface area contributed by atoms with Crippen molar-refractivity contribution in [2.24, 2.45) is 0 Å². The third-order valence-electron chi connectivity index (χ3n) is 4.70. The molecule has 1 unspecified atom stereocenters. The molecule has 6 nitrogen and oxygen atoms in total. The van der Waals surface area contributed by atoms with Crippen LogP contribution < -0.4 is 5.32 Å². The first-order valence-corrected chi connectivity index (χ1v) is 9.61. The molecule has 0 aliphatic heterocycles. The first-order chi connectivity index (χ1) is 14.6. The molecule has 3 aromatic rings. The van der Waals surface area contributed by atoms with E-state index in [2.05, 4.69) is 39.3 Å². The second kappa shape index (κ2) is 10.3. The zero-order valence-electron chi connectivity index (χ0n) is 17.0. The molecule has 0 spiro atoms. The summed E-state index contributed by atoms with van der Waals surface area (Å²) in [5, 5.41) is 2.67. The Hall–Kier alpha value is -3.51. The maximum absolute atomic E-state index is 11.9. The van der Waals surface area contributed by atoms with E-state index in [-0.39, 0.29) is 24.9 Å². The number of carbonyl (C=O) groups excluding carboxylic acids is 2. The van der Waals surface area contributed by atoms with E-state index in [0.717, 1.165) is 22.3 Å². The van der Waals surface area contributed by atoms with E-state index < -0.39 is 5.97 Å². The number of methoxy groups -OCH3 is 2. The molecule has 0 aliphatic carbocycles. The first kappa shape index (κ1) is 21.2. The topological polar surface area (TPSA) is 77.5 Å². The number of carbonyl (C=O) groups is 2. The minimum absolute atomic E-state index is 0.0329. The number of rotatable bonds is 8. The second-order valence-electron chi connectivity index (χ2n) is 6.70.